The molecule has 8 heteroatoms. The third kappa shape index (κ3) is 4.92. The minimum Gasteiger partial charge on any atom is -0.449 e. The van der Waals surface area contributed by atoms with Crippen molar-refractivity contribution in [2.24, 2.45) is 0 Å². The van der Waals surface area contributed by atoms with Crippen molar-refractivity contribution in [3.63, 3.8) is 0 Å². The molecule has 1 aromatic heterocycles. The molecular weight excluding hydrogens is 221 g/mol. The van der Waals surface area contributed by atoms with Crippen LogP contribution < -0.4 is 51.4 Å². The summed E-state index contributed by atoms with van der Waals surface area (Å²) in [5.74, 6) is 0.00866. The van der Waals surface area contributed by atoms with Gasteiger partial charge < -0.3 is 12.9 Å². The number of halogens is 3. The smallest absolute Gasteiger partial charge is 0.449 e. The number of hydrogen-bond donors (Lipinski definition) is 0. The quantitative estimate of drug-likeness (QED) is 0.598. The van der Waals surface area contributed by atoms with Crippen LogP contribution in [0.2, 0.25) is 0 Å². The van der Waals surface area contributed by atoms with Gasteiger partial charge in [0.1, 0.15) is 12.2 Å². The fourth-order valence-corrected chi connectivity index (χ4v) is 1.05. The number of hydrogen-bond acceptors (Lipinski definition) is 2. The van der Waals surface area contributed by atoms with E-state index in [4.69, 9.17) is 0 Å². The molecule has 0 fully saturated rings. The number of rotatable bonds is 4. The van der Waals surface area contributed by atoms with Crippen molar-refractivity contribution in [3.05, 3.63) is 12.2 Å². The Morgan fingerprint density at radius 1 is 1.43 bits per heavy atom. The minimum atomic E-state index is -4.81. The molecule has 1 heterocycles. The Morgan fingerprint density at radius 2 is 2.07 bits per heavy atom. The summed E-state index contributed by atoms with van der Waals surface area (Å²) < 4.78 is 37.4. The molecule has 3 nitrogen and oxygen atoms in total. The van der Waals surface area contributed by atoms with Gasteiger partial charge in [0.2, 0.25) is 0 Å². The van der Waals surface area contributed by atoms with Crippen LogP contribution in [0.15, 0.2) is 6.33 Å². The Hall–Kier alpha value is 0.631. The van der Waals surface area contributed by atoms with Crippen molar-refractivity contribution in [2.75, 3.05) is 0 Å². The van der Waals surface area contributed by atoms with Gasteiger partial charge in [0.25, 0.3) is 0 Å². The van der Waals surface area contributed by atoms with E-state index in [2.05, 4.69) is 10.1 Å². The zero-order valence-corrected chi connectivity index (χ0v) is 11.4. The van der Waals surface area contributed by atoms with Gasteiger partial charge in [-0.05, 0) is 12.7 Å². The van der Waals surface area contributed by atoms with E-state index in [9.17, 15) is 12.9 Å². The van der Waals surface area contributed by atoms with Crippen molar-refractivity contribution in [3.8, 4) is 0 Å². The first-order valence-electron chi connectivity index (χ1n) is 4.10. The molecule has 0 aliphatic rings. The van der Waals surface area contributed by atoms with E-state index >= 15 is 0 Å². The molecule has 0 amide bonds. The molecule has 0 aromatic carbocycles. The van der Waals surface area contributed by atoms with E-state index in [0.29, 0.717) is 6.54 Å². The Bertz CT molecular complexity index is 276. The van der Waals surface area contributed by atoms with Crippen LogP contribution in [0, 0.1) is 0 Å². The molecule has 74 valence electrons. The van der Waals surface area contributed by atoms with E-state index in [0.717, 1.165) is 12.7 Å². The largest absolute Gasteiger partial charge is 1.00 e. The third-order valence-corrected chi connectivity index (χ3v) is 1.55. The van der Waals surface area contributed by atoms with Crippen molar-refractivity contribution in [1.82, 2.24) is 14.8 Å². The van der Waals surface area contributed by atoms with Crippen LogP contribution in [0.3, 0.4) is 0 Å². The molecule has 14 heavy (non-hydrogen) atoms. The summed E-state index contributed by atoms with van der Waals surface area (Å²) in [6.07, 6.45) is 0.966. The van der Waals surface area contributed by atoms with E-state index in [1.165, 1.54) is 4.68 Å². The molecule has 0 aliphatic carbocycles. The average Bonchev–Trinajstić information content (AvgIpc) is 2.34. The van der Waals surface area contributed by atoms with Gasteiger partial charge >= 0.3 is 58.4 Å². The molecule has 0 unspecified atom stereocenters. The SMILES string of the molecule is CCCn1ncnc1C[B-](F)(F)F.[K+]. The molecule has 0 aliphatic heterocycles. The molecule has 0 saturated carbocycles. The van der Waals surface area contributed by atoms with Crippen LogP contribution in [0.4, 0.5) is 12.9 Å². The number of aryl methyl sites for hydroxylation is 1. The van der Waals surface area contributed by atoms with Crippen LogP contribution in [-0.4, -0.2) is 21.7 Å². The summed E-state index contributed by atoms with van der Waals surface area (Å²) in [4.78, 5) is 3.57. The van der Waals surface area contributed by atoms with E-state index in [1.807, 2.05) is 6.92 Å². The molecule has 0 radical (unpaired) electrons. The summed E-state index contributed by atoms with van der Waals surface area (Å²) in [6.45, 7) is -2.44. The topological polar surface area (TPSA) is 30.7 Å². The Labute approximate surface area is 123 Å². The molecule has 1 aromatic rings. The summed E-state index contributed by atoms with van der Waals surface area (Å²) in [5.41, 5.74) is 0. The van der Waals surface area contributed by atoms with Crippen LogP contribution in [-0.2, 0) is 12.9 Å². The van der Waals surface area contributed by atoms with Crippen molar-refractivity contribution >= 4 is 6.98 Å². The predicted molar refractivity (Wildman–Crippen MR) is 43.1 cm³/mol. The maximum Gasteiger partial charge on any atom is 1.00 e. The summed E-state index contributed by atoms with van der Waals surface area (Å²) in [5, 5.41) is 3.71. The molecule has 1 rings (SSSR count). The zero-order chi connectivity index (χ0) is 9.90. The van der Waals surface area contributed by atoms with Gasteiger partial charge in [0.15, 0.2) is 0 Å². The maximum absolute atomic E-state index is 12.0. The standard InChI is InChI=1S/C6H10BF3N3.K/c1-2-3-13-6(11-5-12-13)4-7(8,9)10;/h5H,2-4H2,1H3;/q-1;+1. The first kappa shape index (κ1) is 14.6. The first-order valence-corrected chi connectivity index (χ1v) is 4.10. The second kappa shape index (κ2) is 6.27. The summed E-state index contributed by atoms with van der Waals surface area (Å²) in [7, 11) is 0. The predicted octanol–water partition coefficient (Wildman–Crippen LogP) is -1.38. The molecule has 0 spiro atoms. The van der Waals surface area contributed by atoms with Crippen LogP contribution in [0.25, 0.3) is 0 Å². The van der Waals surface area contributed by atoms with Crippen molar-refractivity contribution in [2.45, 2.75) is 26.2 Å². The summed E-state index contributed by atoms with van der Waals surface area (Å²) in [6, 6.07) is 0. The van der Waals surface area contributed by atoms with Gasteiger partial charge in [0, 0.05) is 6.54 Å². The first-order chi connectivity index (χ1) is 6.03. The minimum absolute atomic E-state index is 0. The monoisotopic (exact) mass is 231 g/mol. The third-order valence-electron chi connectivity index (χ3n) is 1.55. The van der Waals surface area contributed by atoms with Crippen LogP contribution in [0.1, 0.15) is 19.2 Å². The molecule has 0 atom stereocenters. The van der Waals surface area contributed by atoms with E-state index < -0.39 is 13.3 Å². The molecule has 0 N–H and O–H groups in total. The molecular formula is C6H10BF3KN3. The number of aromatic nitrogens is 3. The van der Waals surface area contributed by atoms with Gasteiger partial charge in [-0.15, -0.1) is 0 Å². The summed E-state index contributed by atoms with van der Waals surface area (Å²) >= 11 is 0. The molecule has 0 bridgehead atoms. The Kier molecular flexibility index (Phi) is 6.55. The van der Waals surface area contributed by atoms with E-state index in [-0.39, 0.29) is 57.2 Å². The van der Waals surface area contributed by atoms with Crippen LogP contribution in [0.5, 0.6) is 0 Å². The zero-order valence-electron chi connectivity index (χ0n) is 8.25. The van der Waals surface area contributed by atoms with Gasteiger partial charge in [0.05, 0.1) is 0 Å². The van der Waals surface area contributed by atoms with Crippen LogP contribution >= 0.6 is 0 Å². The molecule has 0 saturated heterocycles. The van der Waals surface area contributed by atoms with E-state index in [1.54, 1.807) is 0 Å². The second-order valence-corrected chi connectivity index (χ2v) is 2.81. The fraction of sp³-hybridized carbons (Fsp3) is 0.667. The van der Waals surface area contributed by atoms with Gasteiger partial charge in [-0.25, -0.2) is 4.98 Å². The number of nitrogens with zero attached hydrogens (tertiary/aromatic N) is 3. The van der Waals surface area contributed by atoms with Gasteiger partial charge in [-0.1, -0.05) is 6.92 Å². The second-order valence-electron chi connectivity index (χ2n) is 2.81. The van der Waals surface area contributed by atoms with Gasteiger partial charge in [-0.2, -0.15) is 5.10 Å². The Morgan fingerprint density at radius 3 is 2.57 bits per heavy atom. The van der Waals surface area contributed by atoms with Crippen molar-refractivity contribution in [1.29, 1.82) is 0 Å². The normalized spacial score (nSPS) is 11.1. The average molecular weight is 231 g/mol. The maximum atomic E-state index is 12.0. The van der Waals surface area contributed by atoms with Crippen molar-refractivity contribution < 1.29 is 64.3 Å². The Balaban J connectivity index is 0.00000169. The fourth-order valence-electron chi connectivity index (χ4n) is 1.05. The van der Waals surface area contributed by atoms with Gasteiger partial charge in [-0.3, -0.25) is 4.68 Å².